The van der Waals surface area contributed by atoms with Gasteiger partial charge in [-0.3, -0.25) is 14.6 Å². The summed E-state index contributed by atoms with van der Waals surface area (Å²) >= 11 is 0. The zero-order valence-corrected chi connectivity index (χ0v) is 11.4. The molecule has 3 aliphatic heterocycles. The maximum Gasteiger partial charge on any atom is 0.251 e. The van der Waals surface area contributed by atoms with Crippen molar-refractivity contribution >= 4 is 0 Å². The van der Waals surface area contributed by atoms with Crippen LogP contribution in [0.4, 0.5) is 0 Å². The monoisotopic (exact) mass is 263 g/mol. The van der Waals surface area contributed by atoms with Gasteiger partial charge in [-0.2, -0.15) is 0 Å². The highest BCUT2D eigenvalue weighted by atomic mass is 16.1. The minimum Gasteiger partial charge on any atom is -0.311 e. The molecule has 4 rings (SSSR count). The molecule has 3 aliphatic rings. The highest BCUT2D eigenvalue weighted by Crippen LogP contribution is 2.25. The second kappa shape index (κ2) is 5.40. The molecule has 3 saturated heterocycles. The van der Waals surface area contributed by atoms with Crippen molar-refractivity contribution in [1.29, 1.82) is 0 Å². The van der Waals surface area contributed by atoms with E-state index in [-0.39, 0.29) is 11.6 Å². The van der Waals surface area contributed by atoms with E-state index in [2.05, 4.69) is 25.1 Å². The summed E-state index contributed by atoms with van der Waals surface area (Å²) < 4.78 is 0. The zero-order valence-electron chi connectivity index (χ0n) is 11.4. The number of hydrogen-bond donors (Lipinski definition) is 2. The van der Waals surface area contributed by atoms with E-state index in [9.17, 15) is 4.79 Å². The van der Waals surface area contributed by atoms with Crippen LogP contribution in [0, 0.1) is 0 Å². The Morgan fingerprint density at radius 3 is 2.84 bits per heavy atom. The predicted octanol–water partition coefficient (Wildman–Crippen LogP) is -0.448. The molecule has 1 atom stereocenters. The van der Waals surface area contributed by atoms with Gasteiger partial charge in [-0.1, -0.05) is 6.92 Å². The number of piperazine rings is 3. The molecule has 6 heteroatoms. The average Bonchev–Trinajstić information content (AvgIpc) is 2.46. The molecular weight excluding hydrogens is 242 g/mol. The topological polar surface area (TPSA) is 64.3 Å². The van der Waals surface area contributed by atoms with Crippen molar-refractivity contribution in [3.63, 3.8) is 0 Å². The second-order valence-corrected chi connectivity index (χ2v) is 5.25. The molecule has 104 valence electrons. The molecule has 1 unspecified atom stereocenters. The molecule has 0 saturated carbocycles. The van der Waals surface area contributed by atoms with Gasteiger partial charge in [-0.05, 0) is 6.54 Å². The summed E-state index contributed by atoms with van der Waals surface area (Å²) in [6.45, 7) is 8.99. The SMILES string of the molecule is CCNCc1cc(=O)[nH]c(C2CN3CCN2CC3)n1. The number of aromatic amines is 1. The molecule has 0 amide bonds. The molecule has 1 aromatic heterocycles. The summed E-state index contributed by atoms with van der Waals surface area (Å²) in [5.74, 6) is 0.824. The number of aromatic nitrogens is 2. The number of H-pyrrole nitrogens is 1. The van der Waals surface area contributed by atoms with Crippen molar-refractivity contribution < 1.29 is 0 Å². The average molecular weight is 263 g/mol. The molecule has 1 aromatic rings. The smallest absolute Gasteiger partial charge is 0.251 e. The molecule has 4 heterocycles. The summed E-state index contributed by atoms with van der Waals surface area (Å²) in [6.07, 6.45) is 0. The van der Waals surface area contributed by atoms with Gasteiger partial charge in [0.05, 0.1) is 11.7 Å². The van der Waals surface area contributed by atoms with E-state index in [1.54, 1.807) is 6.07 Å². The fourth-order valence-electron chi connectivity index (χ4n) is 2.91. The molecule has 19 heavy (non-hydrogen) atoms. The van der Waals surface area contributed by atoms with E-state index < -0.39 is 0 Å². The van der Waals surface area contributed by atoms with Crippen molar-refractivity contribution in [3.8, 4) is 0 Å². The Balaban J connectivity index is 1.83. The highest BCUT2D eigenvalue weighted by Gasteiger charge is 2.34. The molecule has 6 nitrogen and oxygen atoms in total. The molecule has 3 fully saturated rings. The fraction of sp³-hybridized carbons (Fsp3) is 0.692. The minimum atomic E-state index is -0.0458. The maximum absolute atomic E-state index is 11.8. The highest BCUT2D eigenvalue weighted by molar-refractivity contribution is 5.08. The first-order chi connectivity index (χ1) is 9.26. The lowest BCUT2D eigenvalue weighted by Crippen LogP contribution is -2.57. The summed E-state index contributed by atoms with van der Waals surface area (Å²) in [5, 5.41) is 3.22. The number of fused-ring (bicyclic) bond motifs is 3. The third-order valence-electron chi connectivity index (χ3n) is 3.96. The molecule has 0 aliphatic carbocycles. The lowest BCUT2D eigenvalue weighted by Gasteiger charge is -2.46. The molecular formula is C13H21N5O. The maximum atomic E-state index is 11.8. The van der Waals surface area contributed by atoms with E-state index in [0.717, 1.165) is 50.8 Å². The van der Waals surface area contributed by atoms with E-state index in [0.29, 0.717) is 6.54 Å². The Labute approximate surface area is 112 Å². The quantitative estimate of drug-likeness (QED) is 0.770. The second-order valence-electron chi connectivity index (χ2n) is 5.25. The third-order valence-corrected chi connectivity index (χ3v) is 3.96. The number of nitrogens with one attached hydrogen (secondary N) is 2. The Bertz CT molecular complexity index is 492. The van der Waals surface area contributed by atoms with Crippen molar-refractivity contribution in [2.24, 2.45) is 0 Å². The predicted molar refractivity (Wildman–Crippen MR) is 73.0 cm³/mol. The van der Waals surface area contributed by atoms with Crippen LogP contribution in [0.2, 0.25) is 0 Å². The molecule has 2 N–H and O–H groups in total. The van der Waals surface area contributed by atoms with Crippen LogP contribution in [0.15, 0.2) is 10.9 Å². The van der Waals surface area contributed by atoms with Crippen molar-refractivity contribution in [2.45, 2.75) is 19.5 Å². The van der Waals surface area contributed by atoms with Crippen LogP contribution in [0.1, 0.15) is 24.5 Å². The summed E-state index contributed by atoms with van der Waals surface area (Å²) in [4.78, 5) is 24.2. The molecule has 0 aromatic carbocycles. The van der Waals surface area contributed by atoms with Gasteiger partial charge in [-0.25, -0.2) is 4.98 Å². The van der Waals surface area contributed by atoms with Crippen LogP contribution in [-0.2, 0) is 6.54 Å². The van der Waals surface area contributed by atoms with Crippen LogP contribution in [0.25, 0.3) is 0 Å². The van der Waals surface area contributed by atoms with Gasteiger partial charge in [0.15, 0.2) is 0 Å². The van der Waals surface area contributed by atoms with Gasteiger partial charge in [-0.15, -0.1) is 0 Å². The Morgan fingerprint density at radius 2 is 2.21 bits per heavy atom. The van der Waals surface area contributed by atoms with Crippen molar-refractivity contribution in [3.05, 3.63) is 27.9 Å². The standard InChI is InChI=1S/C13H21N5O/c1-2-14-8-10-7-12(19)16-13(15-10)11-9-17-3-5-18(11)6-4-17/h7,11,14H,2-6,8-9H2,1H3,(H,15,16,19). The van der Waals surface area contributed by atoms with Crippen LogP contribution < -0.4 is 10.9 Å². The van der Waals surface area contributed by atoms with Gasteiger partial charge in [0.25, 0.3) is 5.56 Å². The van der Waals surface area contributed by atoms with Crippen molar-refractivity contribution in [1.82, 2.24) is 25.1 Å². The number of nitrogens with zero attached hydrogens (tertiary/aromatic N) is 3. The first kappa shape index (κ1) is 12.8. The largest absolute Gasteiger partial charge is 0.311 e. The van der Waals surface area contributed by atoms with E-state index >= 15 is 0 Å². The lowest BCUT2D eigenvalue weighted by molar-refractivity contribution is 0.00845. The molecule has 0 spiro atoms. The lowest BCUT2D eigenvalue weighted by atomic mass is 10.1. The number of rotatable bonds is 4. The fourth-order valence-corrected chi connectivity index (χ4v) is 2.91. The summed E-state index contributed by atoms with van der Waals surface area (Å²) in [6, 6.07) is 1.83. The summed E-state index contributed by atoms with van der Waals surface area (Å²) in [5.41, 5.74) is 0.786. The third kappa shape index (κ3) is 2.70. The normalized spacial score (nSPS) is 29.6. The first-order valence-electron chi connectivity index (χ1n) is 7.03. The van der Waals surface area contributed by atoms with Gasteiger partial charge in [0, 0.05) is 45.3 Å². The van der Waals surface area contributed by atoms with Crippen LogP contribution >= 0.6 is 0 Å². The Kier molecular flexibility index (Phi) is 3.63. The van der Waals surface area contributed by atoms with Crippen LogP contribution in [-0.4, -0.2) is 59.0 Å². The van der Waals surface area contributed by atoms with Gasteiger partial charge in [0.1, 0.15) is 5.82 Å². The Hall–Kier alpha value is -1.24. The van der Waals surface area contributed by atoms with E-state index in [4.69, 9.17) is 0 Å². The summed E-state index contributed by atoms with van der Waals surface area (Å²) in [7, 11) is 0. The van der Waals surface area contributed by atoms with Gasteiger partial charge < -0.3 is 10.3 Å². The minimum absolute atomic E-state index is 0.0458. The van der Waals surface area contributed by atoms with E-state index in [1.807, 2.05) is 6.92 Å². The molecule has 0 radical (unpaired) electrons. The Morgan fingerprint density at radius 1 is 1.42 bits per heavy atom. The van der Waals surface area contributed by atoms with Crippen LogP contribution in [0.5, 0.6) is 0 Å². The molecule has 2 bridgehead atoms. The van der Waals surface area contributed by atoms with Crippen molar-refractivity contribution in [2.75, 3.05) is 39.3 Å². The number of hydrogen-bond acceptors (Lipinski definition) is 5. The van der Waals surface area contributed by atoms with E-state index in [1.165, 1.54) is 0 Å². The zero-order chi connectivity index (χ0) is 13.2. The first-order valence-corrected chi connectivity index (χ1v) is 7.03. The van der Waals surface area contributed by atoms with Gasteiger partial charge in [0.2, 0.25) is 0 Å². The van der Waals surface area contributed by atoms with Crippen LogP contribution in [0.3, 0.4) is 0 Å². The van der Waals surface area contributed by atoms with Gasteiger partial charge >= 0.3 is 0 Å².